The van der Waals surface area contributed by atoms with Gasteiger partial charge in [-0.25, -0.2) is 13.1 Å². The van der Waals surface area contributed by atoms with Gasteiger partial charge in [0.25, 0.3) is 0 Å². The predicted octanol–water partition coefficient (Wildman–Crippen LogP) is 3.24. The number of nitrogens with one attached hydrogen (secondary N) is 1. The highest BCUT2D eigenvalue weighted by atomic mass is 32.2. The zero-order chi connectivity index (χ0) is 16.7. The molecule has 0 radical (unpaired) electrons. The van der Waals surface area contributed by atoms with E-state index in [1.807, 2.05) is 46.2 Å². The van der Waals surface area contributed by atoms with E-state index in [-0.39, 0.29) is 6.04 Å². The first-order valence-electron chi connectivity index (χ1n) is 7.30. The quantitative estimate of drug-likeness (QED) is 0.908. The van der Waals surface area contributed by atoms with Crippen LogP contribution in [0.5, 0.6) is 0 Å². The number of aromatic nitrogens is 2. The monoisotopic (exact) mass is 341 g/mol. The van der Waals surface area contributed by atoms with Crippen LogP contribution in [0.4, 0.5) is 0 Å². The zero-order valence-corrected chi connectivity index (χ0v) is 15.5. The molecule has 7 heteroatoms. The van der Waals surface area contributed by atoms with E-state index in [1.54, 1.807) is 6.07 Å². The second-order valence-electron chi connectivity index (χ2n) is 5.52. The third kappa shape index (κ3) is 3.11. The number of sulfonamides is 1. The minimum Gasteiger partial charge on any atom is -0.270 e. The predicted molar refractivity (Wildman–Crippen MR) is 89.9 cm³/mol. The summed E-state index contributed by atoms with van der Waals surface area (Å²) < 4.78 is 29.9. The van der Waals surface area contributed by atoms with Crippen LogP contribution in [-0.4, -0.2) is 18.2 Å². The van der Waals surface area contributed by atoms with Crippen molar-refractivity contribution in [3.8, 4) is 0 Å². The molecular weight excluding hydrogens is 318 g/mol. The summed E-state index contributed by atoms with van der Waals surface area (Å²) in [5.41, 5.74) is 2.83. The average molecular weight is 342 g/mol. The van der Waals surface area contributed by atoms with Crippen molar-refractivity contribution >= 4 is 21.4 Å². The van der Waals surface area contributed by atoms with Gasteiger partial charge in [-0.2, -0.15) is 5.10 Å². The first-order chi connectivity index (χ1) is 10.2. The molecule has 122 valence electrons. The van der Waals surface area contributed by atoms with Gasteiger partial charge in [-0.05, 0) is 47.6 Å². The van der Waals surface area contributed by atoms with Gasteiger partial charge < -0.3 is 0 Å². The van der Waals surface area contributed by atoms with E-state index in [9.17, 15) is 8.42 Å². The molecule has 0 fully saturated rings. The first-order valence-corrected chi connectivity index (χ1v) is 9.60. The summed E-state index contributed by atoms with van der Waals surface area (Å²) in [6.45, 7) is 12.3. The summed E-state index contributed by atoms with van der Waals surface area (Å²) in [5, 5.41) is 4.46. The zero-order valence-electron chi connectivity index (χ0n) is 13.9. The second-order valence-corrected chi connectivity index (χ2v) is 8.66. The second kappa shape index (κ2) is 6.14. The molecule has 5 nitrogen and oxygen atoms in total. The Hall–Kier alpha value is -1.18. The van der Waals surface area contributed by atoms with E-state index in [4.69, 9.17) is 0 Å². The van der Waals surface area contributed by atoms with Crippen LogP contribution in [0.25, 0.3) is 0 Å². The first kappa shape index (κ1) is 17.2. The lowest BCUT2D eigenvalue weighted by molar-refractivity contribution is 0.565. The Balaban J connectivity index is 2.34. The van der Waals surface area contributed by atoms with E-state index in [0.29, 0.717) is 4.90 Å². The highest BCUT2D eigenvalue weighted by Gasteiger charge is 2.25. The fourth-order valence-corrected chi connectivity index (χ4v) is 5.64. The van der Waals surface area contributed by atoms with Gasteiger partial charge in [-0.3, -0.25) is 4.68 Å². The maximum absolute atomic E-state index is 12.6. The Morgan fingerprint density at radius 2 is 1.95 bits per heavy atom. The van der Waals surface area contributed by atoms with Crippen molar-refractivity contribution in [1.29, 1.82) is 0 Å². The van der Waals surface area contributed by atoms with E-state index in [1.165, 1.54) is 11.3 Å². The van der Waals surface area contributed by atoms with Crippen LogP contribution in [0.1, 0.15) is 46.6 Å². The third-order valence-electron chi connectivity index (χ3n) is 3.79. The van der Waals surface area contributed by atoms with Gasteiger partial charge in [0.15, 0.2) is 0 Å². The lowest BCUT2D eigenvalue weighted by atomic mass is 10.1. The normalized spacial score (nSPS) is 13.5. The van der Waals surface area contributed by atoms with E-state index >= 15 is 0 Å². The Kier molecular flexibility index (Phi) is 4.79. The summed E-state index contributed by atoms with van der Waals surface area (Å²) >= 11 is 1.50. The lowest BCUT2D eigenvalue weighted by Crippen LogP contribution is -2.27. The van der Waals surface area contributed by atoms with Crippen LogP contribution in [0.15, 0.2) is 11.0 Å². The van der Waals surface area contributed by atoms with Gasteiger partial charge in [0, 0.05) is 33.6 Å². The van der Waals surface area contributed by atoms with Crippen molar-refractivity contribution in [3.63, 3.8) is 0 Å². The molecule has 2 aromatic heterocycles. The van der Waals surface area contributed by atoms with Crippen molar-refractivity contribution in [2.24, 2.45) is 0 Å². The standard InChI is InChI=1S/C15H23N3O2S2/c1-7-18-12(5)15(10(3)16-18)11(4)17-22(19,20)14-8-9(2)21-13(14)6/h8,11,17H,7H2,1-6H3. The van der Waals surface area contributed by atoms with Gasteiger partial charge in [0.2, 0.25) is 10.0 Å². The van der Waals surface area contributed by atoms with E-state index in [2.05, 4.69) is 9.82 Å². The topological polar surface area (TPSA) is 64.0 Å². The number of nitrogens with zero attached hydrogens (tertiary/aromatic N) is 2. The van der Waals surface area contributed by atoms with Crippen LogP contribution < -0.4 is 4.72 Å². The fraction of sp³-hybridized carbons (Fsp3) is 0.533. The Bertz CT molecular complexity index is 788. The van der Waals surface area contributed by atoms with Gasteiger partial charge in [-0.15, -0.1) is 11.3 Å². The number of thiophene rings is 1. The number of hydrogen-bond donors (Lipinski definition) is 1. The molecule has 1 atom stereocenters. The molecule has 0 amide bonds. The molecule has 0 aliphatic heterocycles. The van der Waals surface area contributed by atoms with Crippen molar-refractivity contribution in [2.45, 2.75) is 59.0 Å². The number of aryl methyl sites for hydroxylation is 4. The number of hydrogen-bond acceptors (Lipinski definition) is 4. The smallest absolute Gasteiger partial charge is 0.242 e. The van der Waals surface area contributed by atoms with Crippen molar-refractivity contribution in [3.05, 3.63) is 32.8 Å². The Morgan fingerprint density at radius 1 is 1.32 bits per heavy atom. The Morgan fingerprint density at radius 3 is 2.41 bits per heavy atom. The largest absolute Gasteiger partial charge is 0.270 e. The molecule has 2 rings (SSSR count). The summed E-state index contributed by atoms with van der Waals surface area (Å²) in [6.07, 6.45) is 0. The molecule has 1 N–H and O–H groups in total. The van der Waals surface area contributed by atoms with Gasteiger partial charge in [0.05, 0.1) is 10.6 Å². The highest BCUT2D eigenvalue weighted by molar-refractivity contribution is 7.89. The van der Waals surface area contributed by atoms with Crippen LogP contribution in [0.3, 0.4) is 0 Å². The van der Waals surface area contributed by atoms with Crippen molar-refractivity contribution in [1.82, 2.24) is 14.5 Å². The molecule has 2 heterocycles. The lowest BCUT2D eigenvalue weighted by Gasteiger charge is -2.15. The summed E-state index contributed by atoms with van der Waals surface area (Å²) in [7, 11) is -3.53. The molecule has 22 heavy (non-hydrogen) atoms. The molecule has 0 saturated heterocycles. The minimum absolute atomic E-state index is 0.315. The van der Waals surface area contributed by atoms with Gasteiger partial charge in [0.1, 0.15) is 0 Å². The maximum Gasteiger partial charge on any atom is 0.242 e. The van der Waals surface area contributed by atoms with Crippen molar-refractivity contribution < 1.29 is 8.42 Å². The molecule has 2 aromatic rings. The SMILES string of the molecule is CCn1nc(C)c(C(C)NS(=O)(=O)c2cc(C)sc2C)c1C. The molecule has 0 aromatic carbocycles. The third-order valence-corrected chi connectivity index (χ3v) is 6.55. The summed E-state index contributed by atoms with van der Waals surface area (Å²) in [6, 6.07) is 1.41. The molecule has 0 aliphatic rings. The molecule has 0 spiro atoms. The molecule has 1 unspecified atom stereocenters. The maximum atomic E-state index is 12.6. The summed E-state index contributed by atoms with van der Waals surface area (Å²) in [4.78, 5) is 2.19. The molecular formula is C15H23N3O2S2. The van der Waals surface area contributed by atoms with Gasteiger partial charge >= 0.3 is 0 Å². The van der Waals surface area contributed by atoms with Crippen LogP contribution in [-0.2, 0) is 16.6 Å². The van der Waals surface area contributed by atoms with E-state index in [0.717, 1.165) is 33.3 Å². The van der Waals surface area contributed by atoms with Crippen LogP contribution in [0.2, 0.25) is 0 Å². The summed E-state index contributed by atoms with van der Waals surface area (Å²) in [5.74, 6) is 0. The minimum atomic E-state index is -3.53. The number of rotatable bonds is 5. The fourth-order valence-electron chi connectivity index (χ4n) is 2.87. The van der Waals surface area contributed by atoms with Crippen molar-refractivity contribution in [2.75, 3.05) is 0 Å². The van der Waals surface area contributed by atoms with Crippen LogP contribution >= 0.6 is 11.3 Å². The van der Waals surface area contributed by atoms with E-state index < -0.39 is 10.0 Å². The van der Waals surface area contributed by atoms with Crippen LogP contribution in [0, 0.1) is 27.7 Å². The highest BCUT2D eigenvalue weighted by Crippen LogP contribution is 2.28. The molecule has 0 bridgehead atoms. The Labute approximate surface area is 136 Å². The van der Waals surface area contributed by atoms with Gasteiger partial charge in [-0.1, -0.05) is 0 Å². The molecule has 0 saturated carbocycles. The molecule has 0 aliphatic carbocycles. The average Bonchev–Trinajstić information content (AvgIpc) is 2.88.